The topological polar surface area (TPSA) is 39.1 Å². The van der Waals surface area contributed by atoms with E-state index < -0.39 is 0 Å². The van der Waals surface area contributed by atoms with Crippen LogP contribution in [-0.2, 0) is 24.3 Å². The lowest BCUT2D eigenvalue weighted by Gasteiger charge is -2.19. The average molecular weight is 285 g/mol. The van der Waals surface area contributed by atoms with Crippen LogP contribution in [-0.4, -0.2) is 23.2 Å². The number of para-hydroxylation sites is 1. The van der Waals surface area contributed by atoms with Gasteiger partial charge in [0.2, 0.25) is 0 Å². The van der Waals surface area contributed by atoms with Crippen LogP contribution in [0.2, 0.25) is 0 Å². The summed E-state index contributed by atoms with van der Waals surface area (Å²) in [5, 5.41) is 3.41. The largest absolute Gasteiger partial charge is 0.380 e. The zero-order chi connectivity index (χ0) is 14.8. The Kier molecular flexibility index (Phi) is 4.08. The Balaban J connectivity index is 2.19. The van der Waals surface area contributed by atoms with Crippen molar-refractivity contribution < 1.29 is 4.74 Å². The number of fused-ring (bicyclic) bond motifs is 1. The van der Waals surface area contributed by atoms with Crippen LogP contribution in [0.25, 0.3) is 5.69 Å². The van der Waals surface area contributed by atoms with Crippen molar-refractivity contribution in [2.45, 2.75) is 39.3 Å². The summed E-state index contributed by atoms with van der Waals surface area (Å²) in [4.78, 5) is 4.89. The molecule has 112 valence electrons. The molecule has 1 aliphatic rings. The van der Waals surface area contributed by atoms with Gasteiger partial charge in [-0.25, -0.2) is 4.98 Å². The molecule has 1 aromatic heterocycles. The first-order chi connectivity index (χ1) is 10.2. The molecule has 0 aliphatic carbocycles. The molecule has 21 heavy (non-hydrogen) atoms. The smallest absolute Gasteiger partial charge is 0.116 e. The van der Waals surface area contributed by atoms with E-state index >= 15 is 0 Å². The number of ether oxygens (including phenoxy) is 1. The van der Waals surface area contributed by atoms with Crippen LogP contribution < -0.4 is 5.32 Å². The van der Waals surface area contributed by atoms with Gasteiger partial charge in [-0.1, -0.05) is 32.0 Å². The number of nitrogens with one attached hydrogen (secondary N) is 1. The van der Waals surface area contributed by atoms with E-state index in [2.05, 4.69) is 48.0 Å². The molecule has 2 aromatic rings. The lowest BCUT2D eigenvalue weighted by atomic mass is 10.1. The third-order valence-electron chi connectivity index (χ3n) is 3.96. The first-order valence-electron chi connectivity index (χ1n) is 7.60. The van der Waals surface area contributed by atoms with Crippen LogP contribution in [0.4, 0.5) is 0 Å². The number of benzene rings is 1. The molecule has 3 rings (SSSR count). The van der Waals surface area contributed by atoms with Crippen molar-refractivity contribution >= 4 is 0 Å². The highest BCUT2D eigenvalue weighted by molar-refractivity contribution is 5.45. The lowest BCUT2D eigenvalue weighted by molar-refractivity contribution is 0.184. The standard InChI is InChI=1S/C17H23N3O/c1-12(2)17-19-14-10-18-9-8-16(14)20(17)15-7-5-4-6-13(15)11-21-3/h4-7,12,18H,8-11H2,1-3H3. The number of hydrogen-bond acceptors (Lipinski definition) is 3. The quantitative estimate of drug-likeness (QED) is 0.939. The van der Waals surface area contributed by atoms with Crippen molar-refractivity contribution in [2.75, 3.05) is 13.7 Å². The van der Waals surface area contributed by atoms with E-state index in [0.717, 1.165) is 25.3 Å². The van der Waals surface area contributed by atoms with Crippen LogP contribution >= 0.6 is 0 Å². The van der Waals surface area contributed by atoms with E-state index in [1.54, 1.807) is 7.11 Å². The second kappa shape index (κ2) is 6.00. The maximum Gasteiger partial charge on any atom is 0.116 e. The minimum atomic E-state index is 0.395. The minimum Gasteiger partial charge on any atom is -0.380 e. The van der Waals surface area contributed by atoms with E-state index in [1.165, 1.54) is 22.6 Å². The van der Waals surface area contributed by atoms with Crippen LogP contribution in [0, 0.1) is 0 Å². The third-order valence-corrected chi connectivity index (χ3v) is 3.96. The van der Waals surface area contributed by atoms with Gasteiger partial charge in [-0.3, -0.25) is 4.57 Å². The fourth-order valence-electron chi connectivity index (χ4n) is 2.99. The predicted molar refractivity (Wildman–Crippen MR) is 83.8 cm³/mol. The Bertz CT molecular complexity index is 631. The molecule has 0 atom stereocenters. The maximum atomic E-state index is 5.36. The van der Waals surface area contributed by atoms with Gasteiger partial charge in [0.1, 0.15) is 5.82 Å². The summed E-state index contributed by atoms with van der Waals surface area (Å²) < 4.78 is 7.72. The van der Waals surface area contributed by atoms with Crippen molar-refractivity contribution in [1.82, 2.24) is 14.9 Å². The highest BCUT2D eigenvalue weighted by Gasteiger charge is 2.23. The molecule has 2 heterocycles. The van der Waals surface area contributed by atoms with Crippen molar-refractivity contribution in [2.24, 2.45) is 0 Å². The first-order valence-corrected chi connectivity index (χ1v) is 7.60. The Morgan fingerprint density at radius 1 is 1.33 bits per heavy atom. The number of rotatable bonds is 4. The fraction of sp³-hybridized carbons (Fsp3) is 0.471. The summed E-state index contributed by atoms with van der Waals surface area (Å²) in [6.07, 6.45) is 1.02. The molecule has 1 aliphatic heterocycles. The Morgan fingerprint density at radius 2 is 2.14 bits per heavy atom. The number of aromatic nitrogens is 2. The summed E-state index contributed by atoms with van der Waals surface area (Å²) in [6, 6.07) is 8.46. The molecule has 0 saturated heterocycles. The minimum absolute atomic E-state index is 0.395. The van der Waals surface area contributed by atoms with Gasteiger partial charge in [-0.2, -0.15) is 0 Å². The normalized spacial score (nSPS) is 14.5. The van der Waals surface area contributed by atoms with Gasteiger partial charge in [0.05, 0.1) is 18.0 Å². The highest BCUT2D eigenvalue weighted by Crippen LogP contribution is 2.28. The zero-order valence-electron chi connectivity index (χ0n) is 13.0. The van der Waals surface area contributed by atoms with Gasteiger partial charge in [0.15, 0.2) is 0 Å². The van der Waals surface area contributed by atoms with E-state index in [4.69, 9.17) is 9.72 Å². The SMILES string of the molecule is COCc1ccccc1-n1c(C(C)C)nc2c1CCNC2. The zero-order valence-corrected chi connectivity index (χ0v) is 13.0. The third kappa shape index (κ3) is 2.61. The van der Waals surface area contributed by atoms with E-state index in [1.807, 2.05) is 0 Å². The predicted octanol–water partition coefficient (Wildman–Crippen LogP) is 2.79. The van der Waals surface area contributed by atoms with Crippen LogP contribution in [0.1, 0.15) is 42.5 Å². The second-order valence-electron chi connectivity index (χ2n) is 5.84. The van der Waals surface area contributed by atoms with Gasteiger partial charge in [-0.05, 0) is 6.07 Å². The Labute approximate surface area is 126 Å². The second-order valence-corrected chi connectivity index (χ2v) is 5.84. The molecule has 0 amide bonds. The maximum absolute atomic E-state index is 5.36. The monoisotopic (exact) mass is 285 g/mol. The van der Waals surface area contributed by atoms with Crippen molar-refractivity contribution in [3.8, 4) is 5.69 Å². The van der Waals surface area contributed by atoms with Crippen LogP contribution in [0.5, 0.6) is 0 Å². The van der Waals surface area contributed by atoms with Gasteiger partial charge in [0.25, 0.3) is 0 Å². The van der Waals surface area contributed by atoms with Crippen LogP contribution in [0.3, 0.4) is 0 Å². The van der Waals surface area contributed by atoms with Gasteiger partial charge >= 0.3 is 0 Å². The molecule has 0 fully saturated rings. The molecular weight excluding hydrogens is 262 g/mol. The summed E-state index contributed by atoms with van der Waals surface area (Å²) in [5.41, 5.74) is 4.96. The summed E-state index contributed by atoms with van der Waals surface area (Å²) in [5.74, 6) is 1.54. The van der Waals surface area contributed by atoms with Gasteiger partial charge in [0, 0.05) is 43.8 Å². The molecule has 0 spiro atoms. The van der Waals surface area contributed by atoms with E-state index in [9.17, 15) is 0 Å². The van der Waals surface area contributed by atoms with Crippen LogP contribution in [0.15, 0.2) is 24.3 Å². The number of methoxy groups -OCH3 is 1. The molecule has 1 N–H and O–H groups in total. The molecule has 0 bridgehead atoms. The molecule has 4 nitrogen and oxygen atoms in total. The summed E-state index contributed by atoms with van der Waals surface area (Å²) >= 11 is 0. The highest BCUT2D eigenvalue weighted by atomic mass is 16.5. The van der Waals surface area contributed by atoms with Crippen molar-refractivity contribution in [3.05, 3.63) is 47.0 Å². The van der Waals surface area contributed by atoms with E-state index in [-0.39, 0.29) is 0 Å². The molecule has 0 unspecified atom stereocenters. The van der Waals surface area contributed by atoms with Gasteiger partial charge < -0.3 is 10.1 Å². The Hall–Kier alpha value is -1.65. The van der Waals surface area contributed by atoms with E-state index in [0.29, 0.717) is 12.5 Å². The average Bonchev–Trinajstić information content (AvgIpc) is 2.88. The first kappa shape index (κ1) is 14.3. The molecule has 4 heteroatoms. The molecular formula is C17H23N3O. The summed E-state index contributed by atoms with van der Waals surface area (Å²) in [7, 11) is 1.74. The number of nitrogens with zero attached hydrogens (tertiary/aromatic N) is 2. The van der Waals surface area contributed by atoms with Crippen molar-refractivity contribution in [1.29, 1.82) is 0 Å². The Morgan fingerprint density at radius 3 is 2.90 bits per heavy atom. The fourth-order valence-corrected chi connectivity index (χ4v) is 2.99. The van der Waals surface area contributed by atoms with Crippen molar-refractivity contribution in [3.63, 3.8) is 0 Å². The molecule has 0 radical (unpaired) electrons. The molecule has 1 aromatic carbocycles. The number of hydrogen-bond donors (Lipinski definition) is 1. The number of imidazole rings is 1. The lowest BCUT2D eigenvalue weighted by Crippen LogP contribution is -2.25. The molecule has 0 saturated carbocycles. The summed E-state index contributed by atoms with van der Waals surface area (Å²) in [6.45, 7) is 6.92. The van der Waals surface area contributed by atoms with Gasteiger partial charge in [-0.15, -0.1) is 0 Å².